The maximum atomic E-state index is 12.5. The molecule has 1 aromatic carbocycles. The average molecular weight is 244 g/mol. The van der Waals surface area contributed by atoms with Crippen molar-refractivity contribution in [2.75, 3.05) is 26.2 Å². The van der Waals surface area contributed by atoms with Gasteiger partial charge in [0, 0.05) is 25.6 Å². The molecule has 1 fully saturated rings. The van der Waals surface area contributed by atoms with Crippen molar-refractivity contribution in [2.45, 2.75) is 19.3 Å². The molecule has 1 aliphatic heterocycles. The summed E-state index contributed by atoms with van der Waals surface area (Å²) in [6.45, 7) is 3.75. The van der Waals surface area contributed by atoms with Crippen molar-refractivity contribution in [3.8, 4) is 0 Å². The van der Waals surface area contributed by atoms with Crippen LogP contribution >= 0.6 is 0 Å². The number of hydrogen-bond acceptors (Lipinski definition) is 2. The molecule has 1 N–H and O–H groups in total. The number of hydrogen-bond donors (Lipinski definition) is 1. The number of rotatable bonds is 1. The van der Waals surface area contributed by atoms with Gasteiger partial charge < -0.3 is 10.2 Å². The average Bonchev–Trinajstić information content (AvgIpc) is 2.64. The van der Waals surface area contributed by atoms with Gasteiger partial charge in [-0.05, 0) is 36.9 Å². The molecule has 2 aliphatic rings. The zero-order valence-electron chi connectivity index (χ0n) is 10.7. The van der Waals surface area contributed by atoms with Gasteiger partial charge in [-0.25, -0.2) is 0 Å². The third-order valence-corrected chi connectivity index (χ3v) is 4.05. The lowest BCUT2D eigenvalue weighted by molar-refractivity contribution is -0.135. The molecule has 1 saturated heterocycles. The van der Waals surface area contributed by atoms with Crippen molar-refractivity contribution in [3.63, 3.8) is 0 Å². The predicted molar refractivity (Wildman–Crippen MR) is 71.4 cm³/mol. The molecule has 96 valence electrons. The van der Waals surface area contributed by atoms with E-state index >= 15 is 0 Å². The Morgan fingerprint density at radius 2 is 1.83 bits per heavy atom. The van der Waals surface area contributed by atoms with Gasteiger partial charge in [-0.2, -0.15) is 0 Å². The SMILES string of the molecule is O=C(C1Cc2ccccc2C1)N1CCCNCC1. The maximum Gasteiger partial charge on any atom is 0.226 e. The van der Waals surface area contributed by atoms with Gasteiger partial charge in [0.1, 0.15) is 0 Å². The van der Waals surface area contributed by atoms with Gasteiger partial charge in [0.15, 0.2) is 0 Å². The van der Waals surface area contributed by atoms with E-state index in [-0.39, 0.29) is 5.92 Å². The van der Waals surface area contributed by atoms with Crippen LogP contribution in [-0.2, 0) is 17.6 Å². The van der Waals surface area contributed by atoms with Crippen molar-refractivity contribution in [1.82, 2.24) is 10.2 Å². The normalized spacial score (nSPS) is 20.6. The minimum atomic E-state index is 0.181. The molecule has 0 radical (unpaired) electrons. The molecule has 3 rings (SSSR count). The second-order valence-electron chi connectivity index (χ2n) is 5.30. The van der Waals surface area contributed by atoms with Crippen LogP contribution in [0.25, 0.3) is 0 Å². The molecule has 18 heavy (non-hydrogen) atoms. The van der Waals surface area contributed by atoms with E-state index in [1.807, 2.05) is 0 Å². The largest absolute Gasteiger partial charge is 0.341 e. The Morgan fingerprint density at radius 1 is 1.11 bits per heavy atom. The number of carbonyl (C=O) groups is 1. The van der Waals surface area contributed by atoms with Crippen LogP contribution in [0.4, 0.5) is 0 Å². The van der Waals surface area contributed by atoms with Gasteiger partial charge >= 0.3 is 0 Å². The monoisotopic (exact) mass is 244 g/mol. The van der Waals surface area contributed by atoms with E-state index in [1.54, 1.807) is 0 Å². The van der Waals surface area contributed by atoms with Crippen LogP contribution in [0, 0.1) is 5.92 Å². The quantitative estimate of drug-likeness (QED) is 0.805. The summed E-state index contributed by atoms with van der Waals surface area (Å²) in [5, 5.41) is 3.35. The topological polar surface area (TPSA) is 32.3 Å². The fourth-order valence-electron chi connectivity index (χ4n) is 3.06. The number of amides is 1. The van der Waals surface area contributed by atoms with Crippen molar-refractivity contribution >= 4 is 5.91 Å². The highest BCUT2D eigenvalue weighted by Gasteiger charge is 2.30. The third kappa shape index (κ3) is 2.27. The van der Waals surface area contributed by atoms with Gasteiger partial charge in [0.05, 0.1) is 0 Å². The predicted octanol–water partition coefficient (Wildman–Crippen LogP) is 1.22. The van der Waals surface area contributed by atoms with E-state index < -0.39 is 0 Å². The summed E-state index contributed by atoms with van der Waals surface area (Å²) in [6.07, 6.45) is 2.93. The van der Waals surface area contributed by atoms with Crippen LogP contribution in [0.15, 0.2) is 24.3 Å². The Morgan fingerprint density at radius 3 is 2.56 bits per heavy atom. The molecule has 0 spiro atoms. The van der Waals surface area contributed by atoms with Crippen LogP contribution in [0.5, 0.6) is 0 Å². The van der Waals surface area contributed by atoms with Crippen molar-refractivity contribution < 1.29 is 4.79 Å². The summed E-state index contributed by atoms with van der Waals surface area (Å²) in [4.78, 5) is 14.6. The van der Waals surface area contributed by atoms with E-state index in [2.05, 4.69) is 34.5 Å². The fraction of sp³-hybridized carbons (Fsp3) is 0.533. The first-order valence-electron chi connectivity index (χ1n) is 6.91. The lowest BCUT2D eigenvalue weighted by atomic mass is 10.0. The molecule has 0 aromatic heterocycles. The Bertz CT molecular complexity index is 411. The lowest BCUT2D eigenvalue weighted by Crippen LogP contribution is -2.38. The van der Waals surface area contributed by atoms with E-state index in [0.717, 1.165) is 45.4 Å². The van der Waals surface area contributed by atoms with E-state index in [9.17, 15) is 4.79 Å². The molecule has 3 heteroatoms. The smallest absolute Gasteiger partial charge is 0.226 e. The summed E-state index contributed by atoms with van der Waals surface area (Å²) in [5.74, 6) is 0.537. The van der Waals surface area contributed by atoms with Gasteiger partial charge in [-0.15, -0.1) is 0 Å². The summed E-state index contributed by atoms with van der Waals surface area (Å²) < 4.78 is 0. The molecule has 0 bridgehead atoms. The summed E-state index contributed by atoms with van der Waals surface area (Å²) in [7, 11) is 0. The van der Waals surface area contributed by atoms with Crippen LogP contribution in [-0.4, -0.2) is 37.0 Å². The first kappa shape index (κ1) is 11.7. The van der Waals surface area contributed by atoms with Gasteiger partial charge in [-0.3, -0.25) is 4.79 Å². The van der Waals surface area contributed by atoms with E-state index in [4.69, 9.17) is 0 Å². The zero-order valence-corrected chi connectivity index (χ0v) is 10.7. The van der Waals surface area contributed by atoms with Crippen molar-refractivity contribution in [1.29, 1.82) is 0 Å². The third-order valence-electron chi connectivity index (χ3n) is 4.05. The molecular formula is C15H20N2O. The van der Waals surface area contributed by atoms with Crippen LogP contribution in [0.3, 0.4) is 0 Å². The first-order chi connectivity index (χ1) is 8.84. The molecule has 0 atom stereocenters. The molecule has 1 heterocycles. The highest BCUT2D eigenvalue weighted by molar-refractivity contribution is 5.80. The standard InChI is InChI=1S/C15H20N2O/c18-15(17-8-3-6-16-7-9-17)14-10-12-4-1-2-5-13(12)11-14/h1-2,4-5,14,16H,3,6-11H2. The number of nitrogens with one attached hydrogen (secondary N) is 1. The number of nitrogens with zero attached hydrogens (tertiary/aromatic N) is 1. The fourth-order valence-corrected chi connectivity index (χ4v) is 3.06. The minimum absolute atomic E-state index is 0.181. The van der Waals surface area contributed by atoms with Crippen LogP contribution < -0.4 is 5.32 Å². The number of carbonyl (C=O) groups excluding carboxylic acids is 1. The molecular weight excluding hydrogens is 224 g/mol. The Labute approximate surface area is 108 Å². The second-order valence-corrected chi connectivity index (χ2v) is 5.30. The Hall–Kier alpha value is -1.35. The van der Waals surface area contributed by atoms with Crippen molar-refractivity contribution in [3.05, 3.63) is 35.4 Å². The van der Waals surface area contributed by atoms with Gasteiger partial charge in [0.25, 0.3) is 0 Å². The maximum absolute atomic E-state index is 12.5. The Kier molecular flexibility index (Phi) is 3.33. The summed E-state index contributed by atoms with van der Waals surface area (Å²) >= 11 is 0. The van der Waals surface area contributed by atoms with E-state index in [0.29, 0.717) is 5.91 Å². The highest BCUT2D eigenvalue weighted by Crippen LogP contribution is 2.27. The summed E-state index contributed by atoms with van der Waals surface area (Å²) in [5.41, 5.74) is 2.73. The van der Waals surface area contributed by atoms with Crippen molar-refractivity contribution in [2.24, 2.45) is 5.92 Å². The van der Waals surface area contributed by atoms with Gasteiger partial charge in [0.2, 0.25) is 5.91 Å². The molecule has 0 saturated carbocycles. The lowest BCUT2D eigenvalue weighted by Gasteiger charge is -2.23. The zero-order chi connectivity index (χ0) is 12.4. The highest BCUT2D eigenvalue weighted by atomic mass is 16.2. The number of fused-ring (bicyclic) bond motifs is 1. The van der Waals surface area contributed by atoms with Crippen LogP contribution in [0.1, 0.15) is 17.5 Å². The summed E-state index contributed by atoms with van der Waals surface area (Å²) in [6, 6.07) is 8.46. The van der Waals surface area contributed by atoms with Crippen LogP contribution in [0.2, 0.25) is 0 Å². The minimum Gasteiger partial charge on any atom is -0.341 e. The first-order valence-corrected chi connectivity index (χ1v) is 6.91. The number of benzene rings is 1. The molecule has 1 aromatic rings. The Balaban J connectivity index is 1.68. The van der Waals surface area contributed by atoms with E-state index in [1.165, 1.54) is 11.1 Å². The molecule has 1 aliphatic carbocycles. The molecule has 3 nitrogen and oxygen atoms in total. The molecule has 0 unspecified atom stereocenters. The molecule has 1 amide bonds. The van der Waals surface area contributed by atoms with Gasteiger partial charge in [-0.1, -0.05) is 24.3 Å². The second kappa shape index (κ2) is 5.11.